The van der Waals surface area contributed by atoms with Gasteiger partial charge in [-0.15, -0.1) is 11.3 Å². The van der Waals surface area contributed by atoms with Crippen molar-refractivity contribution in [1.29, 1.82) is 0 Å². The second kappa shape index (κ2) is 11.0. The van der Waals surface area contributed by atoms with E-state index in [1.165, 1.54) is 0 Å². The maximum Gasteiger partial charge on any atom is 0.348 e. The first kappa shape index (κ1) is 21.4. The van der Waals surface area contributed by atoms with Crippen molar-refractivity contribution < 1.29 is 19.1 Å². The summed E-state index contributed by atoms with van der Waals surface area (Å²) in [6.07, 6.45) is 3.26. The Morgan fingerprint density at radius 3 is 2.32 bits per heavy atom. The molecule has 1 rings (SSSR count). The van der Waals surface area contributed by atoms with Crippen molar-refractivity contribution in [3.05, 3.63) is 16.0 Å². The molecular weight excluding hydrogens is 360 g/mol. The molecule has 0 unspecified atom stereocenters. The lowest BCUT2D eigenvalue weighted by atomic mass is 10.1. The largest absolute Gasteiger partial charge is 0.462 e. The van der Waals surface area contributed by atoms with Gasteiger partial charge in [0, 0.05) is 6.54 Å². The number of carbonyl (C=O) groups is 2. The minimum absolute atomic E-state index is 0.252. The molecule has 25 heavy (non-hydrogen) atoms. The first-order chi connectivity index (χ1) is 12.0. The van der Waals surface area contributed by atoms with E-state index in [1.807, 2.05) is 0 Å². The van der Waals surface area contributed by atoms with Gasteiger partial charge in [0.05, 0.1) is 18.8 Å². The zero-order chi connectivity index (χ0) is 18.8. The van der Waals surface area contributed by atoms with Crippen LogP contribution in [0.2, 0.25) is 0 Å². The maximum absolute atomic E-state index is 12.3. The average molecular weight is 387 g/mol. The molecule has 140 valence electrons. The SMILES string of the molecule is CCCCCNC(=S)Nc1sc(C(=O)OCC)c(C)c1C(=O)OCC. The maximum atomic E-state index is 12.3. The van der Waals surface area contributed by atoms with Crippen LogP contribution in [0.1, 0.15) is 65.6 Å². The number of ether oxygens (including phenoxy) is 2. The van der Waals surface area contributed by atoms with Crippen molar-refractivity contribution in [2.24, 2.45) is 0 Å². The van der Waals surface area contributed by atoms with E-state index >= 15 is 0 Å². The minimum atomic E-state index is -0.483. The summed E-state index contributed by atoms with van der Waals surface area (Å²) in [5.41, 5.74) is 0.866. The number of unbranched alkanes of at least 4 members (excludes halogenated alkanes) is 2. The number of nitrogens with one attached hydrogen (secondary N) is 2. The fraction of sp³-hybridized carbons (Fsp3) is 0.588. The van der Waals surface area contributed by atoms with Gasteiger partial charge in [0.25, 0.3) is 0 Å². The molecule has 0 atom stereocenters. The average Bonchev–Trinajstić information content (AvgIpc) is 2.88. The van der Waals surface area contributed by atoms with Gasteiger partial charge in [0.1, 0.15) is 9.88 Å². The van der Waals surface area contributed by atoms with Gasteiger partial charge < -0.3 is 20.1 Å². The van der Waals surface area contributed by atoms with E-state index < -0.39 is 11.9 Å². The zero-order valence-electron chi connectivity index (χ0n) is 15.2. The number of anilines is 1. The van der Waals surface area contributed by atoms with Crippen molar-refractivity contribution in [2.45, 2.75) is 47.0 Å². The van der Waals surface area contributed by atoms with Gasteiger partial charge in [-0.2, -0.15) is 0 Å². The van der Waals surface area contributed by atoms with Crippen LogP contribution in [-0.2, 0) is 9.47 Å². The number of carbonyl (C=O) groups excluding carboxylic acids is 2. The molecule has 0 bridgehead atoms. The first-order valence-corrected chi connectivity index (χ1v) is 9.71. The van der Waals surface area contributed by atoms with Crippen LogP contribution < -0.4 is 10.6 Å². The molecule has 1 aromatic heterocycles. The van der Waals surface area contributed by atoms with Crippen LogP contribution >= 0.6 is 23.6 Å². The summed E-state index contributed by atoms with van der Waals surface area (Å²) in [5.74, 6) is -0.937. The molecule has 0 aromatic carbocycles. The molecule has 0 aliphatic carbocycles. The predicted molar refractivity (Wildman–Crippen MR) is 105 cm³/mol. The van der Waals surface area contributed by atoms with Crippen LogP contribution in [0.5, 0.6) is 0 Å². The Kier molecular flexibility index (Phi) is 9.44. The van der Waals surface area contributed by atoms with E-state index in [0.717, 1.165) is 37.1 Å². The molecule has 0 fully saturated rings. The highest BCUT2D eigenvalue weighted by Gasteiger charge is 2.26. The second-order valence-corrected chi connectivity index (χ2v) is 6.72. The van der Waals surface area contributed by atoms with E-state index in [2.05, 4.69) is 17.6 Å². The Morgan fingerprint density at radius 2 is 1.72 bits per heavy atom. The van der Waals surface area contributed by atoms with E-state index in [9.17, 15) is 9.59 Å². The lowest BCUT2D eigenvalue weighted by Crippen LogP contribution is -2.29. The third kappa shape index (κ3) is 6.28. The number of thiophene rings is 1. The van der Waals surface area contributed by atoms with Crippen LogP contribution in [0.15, 0.2) is 0 Å². The summed E-state index contributed by atoms with van der Waals surface area (Å²) < 4.78 is 10.2. The lowest BCUT2D eigenvalue weighted by Gasteiger charge is -2.10. The molecule has 0 aliphatic heterocycles. The molecule has 6 nitrogen and oxygen atoms in total. The number of esters is 2. The lowest BCUT2D eigenvalue weighted by molar-refractivity contribution is 0.0527. The van der Waals surface area contributed by atoms with Gasteiger partial charge in [0.2, 0.25) is 0 Å². The van der Waals surface area contributed by atoms with Gasteiger partial charge in [-0.3, -0.25) is 0 Å². The molecule has 0 amide bonds. The van der Waals surface area contributed by atoms with Crippen molar-refractivity contribution in [3.8, 4) is 0 Å². The van der Waals surface area contributed by atoms with Gasteiger partial charge in [0.15, 0.2) is 5.11 Å². The Morgan fingerprint density at radius 1 is 1.08 bits per heavy atom. The third-order valence-electron chi connectivity index (χ3n) is 3.38. The number of hydrogen-bond acceptors (Lipinski definition) is 6. The van der Waals surface area contributed by atoms with Crippen LogP contribution in [0.4, 0.5) is 5.00 Å². The molecule has 0 aliphatic rings. The van der Waals surface area contributed by atoms with Crippen LogP contribution in [-0.4, -0.2) is 36.8 Å². The summed E-state index contributed by atoms with van der Waals surface area (Å²) in [5, 5.41) is 7.03. The topological polar surface area (TPSA) is 76.7 Å². The standard InChI is InChI=1S/C17H26N2O4S2/c1-5-8-9-10-18-17(24)19-14-12(15(20)22-6-2)11(4)13(25-14)16(21)23-7-3/h5-10H2,1-4H3,(H2,18,19,24). The van der Waals surface area contributed by atoms with Gasteiger partial charge in [-0.05, 0) is 45.0 Å². The fourth-order valence-electron chi connectivity index (χ4n) is 2.17. The number of rotatable bonds is 9. The van der Waals surface area contributed by atoms with Crippen LogP contribution in [0, 0.1) is 6.92 Å². The molecule has 1 aromatic rings. The van der Waals surface area contributed by atoms with E-state index in [4.69, 9.17) is 21.7 Å². The number of thiocarbonyl (C=S) groups is 1. The Labute approximate surface area is 158 Å². The Bertz CT molecular complexity index is 614. The summed E-state index contributed by atoms with van der Waals surface area (Å²) in [7, 11) is 0. The summed E-state index contributed by atoms with van der Waals surface area (Å²) in [6, 6.07) is 0. The van der Waals surface area contributed by atoms with Gasteiger partial charge in [-0.25, -0.2) is 9.59 Å². The molecule has 2 N–H and O–H groups in total. The van der Waals surface area contributed by atoms with Crippen LogP contribution in [0.3, 0.4) is 0 Å². The third-order valence-corrected chi connectivity index (χ3v) is 4.81. The normalized spacial score (nSPS) is 10.2. The fourth-order valence-corrected chi connectivity index (χ4v) is 3.53. The predicted octanol–water partition coefficient (Wildman–Crippen LogP) is 3.89. The minimum Gasteiger partial charge on any atom is -0.462 e. The zero-order valence-corrected chi connectivity index (χ0v) is 16.8. The molecule has 0 spiro atoms. The molecular formula is C17H26N2O4S2. The van der Waals surface area contributed by atoms with Crippen molar-refractivity contribution in [1.82, 2.24) is 5.32 Å². The first-order valence-electron chi connectivity index (χ1n) is 8.48. The van der Waals surface area contributed by atoms with Crippen molar-refractivity contribution in [2.75, 3.05) is 25.1 Å². The van der Waals surface area contributed by atoms with E-state index in [1.54, 1.807) is 20.8 Å². The smallest absolute Gasteiger partial charge is 0.348 e. The summed E-state index contributed by atoms with van der Waals surface area (Å²) >= 11 is 6.43. The van der Waals surface area contributed by atoms with Gasteiger partial charge in [-0.1, -0.05) is 19.8 Å². The quantitative estimate of drug-likeness (QED) is 0.379. The van der Waals surface area contributed by atoms with E-state index in [-0.39, 0.29) is 13.2 Å². The monoisotopic (exact) mass is 386 g/mol. The highest BCUT2D eigenvalue weighted by molar-refractivity contribution is 7.80. The highest BCUT2D eigenvalue weighted by atomic mass is 32.1. The van der Waals surface area contributed by atoms with Gasteiger partial charge >= 0.3 is 11.9 Å². The Hall–Kier alpha value is -1.67. The summed E-state index contributed by atoms with van der Waals surface area (Å²) in [4.78, 5) is 24.8. The Balaban J connectivity index is 2.98. The molecule has 0 saturated heterocycles. The number of hydrogen-bond donors (Lipinski definition) is 2. The molecule has 0 radical (unpaired) electrons. The molecule has 8 heteroatoms. The highest BCUT2D eigenvalue weighted by Crippen LogP contribution is 2.34. The second-order valence-electron chi connectivity index (χ2n) is 5.29. The molecule has 0 saturated carbocycles. The van der Waals surface area contributed by atoms with E-state index in [0.29, 0.717) is 26.1 Å². The molecule has 1 heterocycles. The summed E-state index contributed by atoms with van der Waals surface area (Å²) in [6.45, 7) is 8.59. The van der Waals surface area contributed by atoms with Crippen molar-refractivity contribution in [3.63, 3.8) is 0 Å². The van der Waals surface area contributed by atoms with Crippen molar-refractivity contribution >= 4 is 45.6 Å². The van der Waals surface area contributed by atoms with Crippen LogP contribution in [0.25, 0.3) is 0 Å².